The molecule has 0 aromatic heterocycles. The molecule has 1 unspecified atom stereocenters. The number of aliphatic hydroxyl groups excluding tert-OH is 1. The van der Waals surface area contributed by atoms with Gasteiger partial charge in [-0.3, -0.25) is 4.79 Å². The van der Waals surface area contributed by atoms with Crippen LogP contribution in [-0.4, -0.2) is 52.9 Å². The summed E-state index contributed by atoms with van der Waals surface area (Å²) >= 11 is 1.63. The van der Waals surface area contributed by atoms with Crippen LogP contribution in [0.3, 0.4) is 0 Å². The first-order valence-electron chi connectivity index (χ1n) is 5.29. The number of aliphatic hydroxyl groups is 1. The van der Waals surface area contributed by atoms with Crippen LogP contribution in [0.15, 0.2) is 12.7 Å². The molecule has 0 aliphatic rings. The zero-order chi connectivity index (χ0) is 14.6. The summed E-state index contributed by atoms with van der Waals surface area (Å²) in [4.78, 5) is 20.3. The van der Waals surface area contributed by atoms with Crippen LogP contribution in [-0.2, 0) is 14.3 Å². The van der Waals surface area contributed by atoms with Gasteiger partial charge >= 0.3 is 11.9 Å². The first-order valence-corrected chi connectivity index (χ1v) is 6.69. The van der Waals surface area contributed by atoms with E-state index in [4.69, 9.17) is 20.7 Å². The van der Waals surface area contributed by atoms with Gasteiger partial charge < -0.3 is 20.7 Å². The van der Waals surface area contributed by atoms with E-state index in [0.717, 1.165) is 11.8 Å². The fourth-order valence-corrected chi connectivity index (χ4v) is 1.16. The van der Waals surface area contributed by atoms with E-state index in [1.165, 1.54) is 0 Å². The first-order chi connectivity index (χ1) is 8.34. The average molecular weight is 279 g/mol. The van der Waals surface area contributed by atoms with Crippen molar-refractivity contribution in [3.05, 3.63) is 12.7 Å². The van der Waals surface area contributed by atoms with E-state index in [0.29, 0.717) is 6.42 Å². The number of carboxylic acid groups (broad SMARTS) is 1. The minimum Gasteiger partial charge on any atom is -0.478 e. The lowest BCUT2D eigenvalue weighted by Crippen LogP contribution is -2.34. The molecular formula is C11H21NO5S. The fourth-order valence-electron chi connectivity index (χ4n) is 0.672. The number of carbonyl (C=O) groups excluding carboxylic acids is 1. The van der Waals surface area contributed by atoms with Gasteiger partial charge in [-0.25, -0.2) is 4.79 Å². The van der Waals surface area contributed by atoms with E-state index in [1.807, 2.05) is 6.26 Å². The first kappa shape index (κ1) is 19.3. The summed E-state index contributed by atoms with van der Waals surface area (Å²) in [5.74, 6) is -0.578. The van der Waals surface area contributed by atoms with E-state index < -0.39 is 24.1 Å². The zero-order valence-electron chi connectivity index (χ0n) is 10.7. The highest BCUT2D eigenvalue weighted by atomic mass is 32.2. The van der Waals surface area contributed by atoms with Gasteiger partial charge in [0.15, 0.2) is 0 Å². The Morgan fingerprint density at radius 2 is 2.06 bits per heavy atom. The minimum atomic E-state index is -0.981. The summed E-state index contributed by atoms with van der Waals surface area (Å²) in [5, 5.41) is 16.4. The molecule has 7 heteroatoms. The van der Waals surface area contributed by atoms with Crippen molar-refractivity contribution in [2.75, 3.05) is 18.6 Å². The molecule has 0 rings (SSSR count). The van der Waals surface area contributed by atoms with Gasteiger partial charge in [-0.05, 0) is 25.4 Å². The fraction of sp³-hybridized carbons (Fsp3) is 0.636. The van der Waals surface area contributed by atoms with E-state index in [9.17, 15) is 9.59 Å². The van der Waals surface area contributed by atoms with Crippen LogP contribution in [0, 0.1) is 0 Å². The van der Waals surface area contributed by atoms with Gasteiger partial charge in [-0.1, -0.05) is 6.58 Å². The van der Waals surface area contributed by atoms with Crippen molar-refractivity contribution in [2.45, 2.75) is 25.5 Å². The van der Waals surface area contributed by atoms with Gasteiger partial charge in [-0.2, -0.15) is 11.8 Å². The number of hydrogen-bond donors (Lipinski definition) is 3. The lowest BCUT2D eigenvalue weighted by Gasteiger charge is -2.11. The molecule has 0 saturated heterocycles. The Labute approximate surface area is 111 Å². The van der Waals surface area contributed by atoms with E-state index in [1.54, 1.807) is 18.7 Å². The van der Waals surface area contributed by atoms with E-state index in [2.05, 4.69) is 6.58 Å². The van der Waals surface area contributed by atoms with E-state index in [-0.39, 0.29) is 6.61 Å². The summed E-state index contributed by atoms with van der Waals surface area (Å²) in [6.45, 7) is 4.54. The number of esters is 1. The van der Waals surface area contributed by atoms with Crippen molar-refractivity contribution in [3.63, 3.8) is 0 Å². The highest BCUT2D eigenvalue weighted by molar-refractivity contribution is 7.98. The van der Waals surface area contributed by atoms with Crippen molar-refractivity contribution in [1.82, 2.24) is 0 Å². The summed E-state index contributed by atoms with van der Waals surface area (Å²) in [5.41, 5.74) is 5.52. The molecule has 4 N–H and O–H groups in total. The maximum atomic E-state index is 11.1. The Bertz CT molecular complexity index is 258. The van der Waals surface area contributed by atoms with Gasteiger partial charge in [0.05, 0.1) is 6.10 Å². The Morgan fingerprint density at radius 1 is 1.56 bits per heavy atom. The maximum absolute atomic E-state index is 11.1. The number of hydrogen-bond acceptors (Lipinski definition) is 6. The second-order valence-corrected chi connectivity index (χ2v) is 4.39. The van der Waals surface area contributed by atoms with Crippen LogP contribution >= 0.6 is 11.8 Å². The second-order valence-electron chi connectivity index (χ2n) is 3.41. The van der Waals surface area contributed by atoms with Crippen LogP contribution in [0.1, 0.15) is 13.3 Å². The molecule has 0 aromatic carbocycles. The third kappa shape index (κ3) is 14.9. The Morgan fingerprint density at radius 3 is 2.39 bits per heavy atom. The normalized spacial score (nSPS) is 12.7. The lowest BCUT2D eigenvalue weighted by atomic mass is 10.2. The van der Waals surface area contributed by atoms with Gasteiger partial charge in [0.2, 0.25) is 0 Å². The van der Waals surface area contributed by atoms with Crippen LogP contribution in [0.25, 0.3) is 0 Å². The van der Waals surface area contributed by atoms with Crippen molar-refractivity contribution < 1.29 is 24.5 Å². The molecule has 6 nitrogen and oxygen atoms in total. The van der Waals surface area contributed by atoms with Crippen molar-refractivity contribution >= 4 is 23.7 Å². The monoisotopic (exact) mass is 279 g/mol. The number of nitrogens with two attached hydrogens (primary N) is 1. The van der Waals surface area contributed by atoms with Gasteiger partial charge in [0.1, 0.15) is 12.6 Å². The highest BCUT2D eigenvalue weighted by Gasteiger charge is 2.14. The maximum Gasteiger partial charge on any atom is 0.327 e. The average Bonchev–Trinajstić information content (AvgIpc) is 2.33. The SMILES string of the molecule is C=CC(=O)O.CSCC[C@H](N)C(=O)OCC(C)O. The molecule has 0 bridgehead atoms. The lowest BCUT2D eigenvalue weighted by molar-refractivity contribution is -0.147. The molecule has 0 radical (unpaired) electrons. The van der Waals surface area contributed by atoms with Crippen LogP contribution in [0.4, 0.5) is 0 Å². The Balaban J connectivity index is 0. The standard InChI is InChI=1S/C8H17NO3S.C3H4O2/c1-6(10)5-12-8(11)7(9)3-4-13-2;1-2-3(4)5/h6-7,10H,3-5,9H2,1-2H3;2H,1H2,(H,4,5)/t6?,7-;/m0./s1. The number of aliphatic carboxylic acids is 1. The third-order valence-electron chi connectivity index (χ3n) is 1.58. The third-order valence-corrected chi connectivity index (χ3v) is 2.22. The zero-order valence-corrected chi connectivity index (χ0v) is 11.5. The van der Waals surface area contributed by atoms with E-state index >= 15 is 0 Å². The molecule has 0 spiro atoms. The number of thioether (sulfide) groups is 1. The summed E-state index contributed by atoms with van der Waals surface area (Å²) in [6.07, 6.45) is 2.77. The Kier molecular flexibility index (Phi) is 13.3. The number of ether oxygens (including phenoxy) is 1. The van der Waals surface area contributed by atoms with Crippen molar-refractivity contribution in [1.29, 1.82) is 0 Å². The number of carboxylic acids is 1. The molecular weight excluding hydrogens is 258 g/mol. The molecule has 0 aliphatic heterocycles. The highest BCUT2D eigenvalue weighted by Crippen LogP contribution is 2.00. The van der Waals surface area contributed by atoms with Crippen molar-refractivity contribution in [2.24, 2.45) is 5.73 Å². The molecule has 0 fully saturated rings. The van der Waals surface area contributed by atoms with Crippen LogP contribution in [0.5, 0.6) is 0 Å². The van der Waals surface area contributed by atoms with Crippen LogP contribution in [0.2, 0.25) is 0 Å². The van der Waals surface area contributed by atoms with Crippen LogP contribution < -0.4 is 5.73 Å². The summed E-state index contributed by atoms with van der Waals surface area (Å²) in [7, 11) is 0. The minimum absolute atomic E-state index is 0.0196. The van der Waals surface area contributed by atoms with Gasteiger partial charge in [0, 0.05) is 6.08 Å². The molecule has 0 aromatic rings. The molecule has 0 amide bonds. The quantitative estimate of drug-likeness (QED) is 0.452. The van der Waals surface area contributed by atoms with Gasteiger partial charge in [-0.15, -0.1) is 0 Å². The molecule has 0 aliphatic carbocycles. The number of carbonyl (C=O) groups is 2. The second kappa shape index (κ2) is 12.4. The molecule has 2 atom stereocenters. The van der Waals surface area contributed by atoms with Gasteiger partial charge in [0.25, 0.3) is 0 Å². The number of rotatable bonds is 7. The van der Waals surface area contributed by atoms with Crippen molar-refractivity contribution in [3.8, 4) is 0 Å². The summed E-state index contributed by atoms with van der Waals surface area (Å²) < 4.78 is 4.74. The molecule has 18 heavy (non-hydrogen) atoms. The summed E-state index contributed by atoms with van der Waals surface area (Å²) in [6, 6.07) is -0.564. The predicted octanol–water partition coefficient (Wildman–Crippen LogP) is 0.248. The largest absolute Gasteiger partial charge is 0.478 e. The Hall–Kier alpha value is -1.05. The molecule has 106 valence electrons. The molecule has 0 heterocycles. The predicted molar refractivity (Wildman–Crippen MR) is 71.4 cm³/mol. The topological polar surface area (TPSA) is 110 Å². The smallest absolute Gasteiger partial charge is 0.327 e. The molecule has 0 saturated carbocycles.